The number of aromatic hydroxyl groups is 1. The summed E-state index contributed by atoms with van der Waals surface area (Å²) in [5, 5.41) is 15.0. The maximum atomic E-state index is 12.9. The van der Waals surface area contributed by atoms with Crippen molar-refractivity contribution < 1.29 is 61.0 Å². The molecule has 12 heteroatoms. The molecule has 1 saturated heterocycles. The Balaban J connectivity index is 0.000000245. The number of nitrogens with one attached hydrogen (secondary N) is 1. The normalized spacial score (nSPS) is 15.4. The summed E-state index contributed by atoms with van der Waals surface area (Å²) < 4.78 is 11.0. The first-order valence-corrected chi connectivity index (χ1v) is 17.7. The van der Waals surface area contributed by atoms with E-state index in [1.807, 2.05) is 39.8 Å². The molecule has 52 heavy (non-hydrogen) atoms. The SMILES string of the molecule is O=c1oc2ccccc2cc1C(c1cc[c-]cc1)c1c(O)c2ccccc2oc1=O.[CH2-]CN1C(=O)CC(SC[C@H](NC(C)C)C(=O)C(C)C)C1=O.[Y]. The molecular formula is C40H40N2O8SY-2. The Morgan fingerprint density at radius 1 is 0.962 bits per heavy atom. The maximum absolute atomic E-state index is 12.9. The number of fused-ring (bicyclic) bond motifs is 2. The minimum absolute atomic E-state index is 0. The summed E-state index contributed by atoms with van der Waals surface area (Å²) in [5.41, 5.74) is 0.278. The van der Waals surface area contributed by atoms with Gasteiger partial charge >= 0.3 is 11.3 Å². The molecule has 3 aromatic carbocycles. The summed E-state index contributed by atoms with van der Waals surface area (Å²) >= 11 is 1.39. The van der Waals surface area contributed by atoms with E-state index >= 15 is 0 Å². The molecule has 1 radical (unpaired) electrons. The first kappa shape index (κ1) is 40.9. The van der Waals surface area contributed by atoms with Crippen molar-refractivity contribution in [2.45, 2.75) is 57.4 Å². The van der Waals surface area contributed by atoms with E-state index in [1.165, 1.54) is 16.7 Å². The number of hydrogen-bond acceptors (Lipinski definition) is 10. The van der Waals surface area contributed by atoms with Crippen LogP contribution in [0.15, 0.2) is 97.3 Å². The van der Waals surface area contributed by atoms with Crippen LogP contribution in [-0.4, -0.2) is 57.2 Å². The predicted octanol–water partition coefficient (Wildman–Crippen LogP) is 5.86. The minimum Gasteiger partial charge on any atom is -0.507 e. The fourth-order valence-electron chi connectivity index (χ4n) is 6.02. The second-order valence-corrected chi connectivity index (χ2v) is 14.0. The van der Waals surface area contributed by atoms with Crippen LogP contribution in [0.25, 0.3) is 21.9 Å². The van der Waals surface area contributed by atoms with E-state index in [2.05, 4.69) is 18.3 Å². The average molecular weight is 798 g/mol. The van der Waals surface area contributed by atoms with Gasteiger partial charge in [-0.05, 0) is 24.3 Å². The molecular weight excluding hydrogens is 757 g/mol. The molecule has 5 aromatic rings. The number of rotatable bonds is 11. The smallest absolute Gasteiger partial charge is 0.344 e. The summed E-state index contributed by atoms with van der Waals surface area (Å²) in [6.45, 7) is 11.5. The average Bonchev–Trinajstić information content (AvgIpc) is 3.39. The topological polar surface area (TPSA) is 147 Å². The molecule has 0 spiro atoms. The van der Waals surface area contributed by atoms with E-state index < -0.39 is 17.2 Å². The van der Waals surface area contributed by atoms with Crippen molar-refractivity contribution in [3.8, 4) is 5.75 Å². The third-order valence-corrected chi connectivity index (χ3v) is 9.80. The van der Waals surface area contributed by atoms with Gasteiger partial charge in [-0.2, -0.15) is 30.3 Å². The number of amides is 2. The first-order chi connectivity index (χ1) is 24.4. The maximum Gasteiger partial charge on any atom is 0.344 e. The van der Waals surface area contributed by atoms with Gasteiger partial charge in [-0.1, -0.05) is 64.6 Å². The van der Waals surface area contributed by atoms with Gasteiger partial charge in [-0.15, -0.1) is 17.3 Å². The van der Waals surface area contributed by atoms with Crippen LogP contribution in [-0.2, 0) is 47.1 Å². The summed E-state index contributed by atoms with van der Waals surface area (Å²) in [7, 11) is 0. The number of Topliss-reactive ketones (excluding diaryl/α,β-unsaturated/α-hetero) is 1. The Morgan fingerprint density at radius 2 is 1.60 bits per heavy atom. The van der Waals surface area contributed by atoms with Gasteiger partial charge in [0.15, 0.2) is 5.78 Å². The molecule has 2 aromatic heterocycles. The van der Waals surface area contributed by atoms with E-state index in [4.69, 9.17) is 8.83 Å². The first-order valence-electron chi connectivity index (χ1n) is 16.7. The fourth-order valence-corrected chi connectivity index (χ4v) is 7.24. The number of benzene rings is 3. The van der Waals surface area contributed by atoms with Crippen molar-refractivity contribution >= 4 is 51.3 Å². The molecule has 0 aliphatic carbocycles. The van der Waals surface area contributed by atoms with E-state index in [-0.39, 0.29) is 109 Å². The van der Waals surface area contributed by atoms with Gasteiger partial charge in [0.1, 0.15) is 16.9 Å². The van der Waals surface area contributed by atoms with Gasteiger partial charge in [0.25, 0.3) is 0 Å². The molecule has 0 bridgehead atoms. The largest absolute Gasteiger partial charge is 0.507 e. The van der Waals surface area contributed by atoms with Crippen molar-refractivity contribution in [2.24, 2.45) is 5.92 Å². The zero-order chi connectivity index (χ0) is 36.8. The van der Waals surface area contributed by atoms with Crippen molar-refractivity contribution in [2.75, 3.05) is 12.3 Å². The van der Waals surface area contributed by atoms with Gasteiger partial charge in [-0.25, -0.2) is 9.59 Å². The van der Waals surface area contributed by atoms with Gasteiger partial charge in [0.05, 0.1) is 22.2 Å². The molecule has 0 saturated carbocycles. The van der Waals surface area contributed by atoms with Gasteiger partial charge < -0.3 is 31.1 Å². The van der Waals surface area contributed by atoms with E-state index in [0.29, 0.717) is 27.7 Å². The Morgan fingerprint density at radius 3 is 2.23 bits per heavy atom. The second-order valence-electron chi connectivity index (χ2n) is 12.8. The Labute approximate surface area is 331 Å². The quantitative estimate of drug-likeness (QED) is 0.0948. The van der Waals surface area contributed by atoms with Crippen LogP contribution in [0.5, 0.6) is 5.75 Å². The number of para-hydroxylation sites is 2. The Kier molecular flexibility index (Phi) is 14.3. The summed E-state index contributed by atoms with van der Waals surface area (Å²) in [5.74, 6) is -0.852. The molecule has 6 rings (SSSR count). The number of carbonyl (C=O) groups is 3. The van der Waals surface area contributed by atoms with Crippen LogP contribution < -0.4 is 16.6 Å². The summed E-state index contributed by atoms with van der Waals surface area (Å²) in [6.07, 6.45) is 0.212. The zero-order valence-electron chi connectivity index (χ0n) is 29.5. The van der Waals surface area contributed by atoms with Crippen LogP contribution in [0, 0.1) is 18.9 Å². The van der Waals surface area contributed by atoms with Crippen LogP contribution in [0.3, 0.4) is 0 Å². The monoisotopic (exact) mass is 797 g/mol. The summed E-state index contributed by atoms with van der Waals surface area (Å²) in [6, 6.07) is 25.2. The number of hydrogen-bond donors (Lipinski definition) is 2. The van der Waals surface area contributed by atoms with E-state index in [1.54, 1.807) is 66.7 Å². The number of likely N-dealkylation sites (tertiary alicyclic amines) is 1. The Hall–Kier alpha value is -3.90. The third kappa shape index (κ3) is 9.18. The molecule has 1 fully saturated rings. The minimum atomic E-state index is -0.874. The molecule has 3 heterocycles. The Bertz CT molecular complexity index is 2160. The number of thioether (sulfide) groups is 1. The van der Waals surface area contributed by atoms with Crippen LogP contribution in [0.1, 0.15) is 56.7 Å². The molecule has 1 aliphatic rings. The van der Waals surface area contributed by atoms with Crippen molar-refractivity contribution in [3.05, 3.63) is 129 Å². The number of carbonyl (C=O) groups excluding carboxylic acids is 3. The molecule has 2 amide bonds. The van der Waals surface area contributed by atoms with Crippen molar-refractivity contribution in [3.63, 3.8) is 0 Å². The summed E-state index contributed by atoms with van der Waals surface area (Å²) in [4.78, 5) is 62.9. The predicted molar refractivity (Wildman–Crippen MR) is 198 cm³/mol. The standard InChI is InChI=1S/C25H15O5.C15H25N2O3S.Y/c26-23-17-11-5-7-13-20(17)30-25(28)22(23)21(15-8-2-1-3-9-15)18-14-16-10-4-6-12-19(16)29-24(18)27;1-6-17-13(18)7-12(15(17)20)21-8-11(16-10(4)5)14(19)9(2)3;/h2-14,21,26H;9-12,16H,1,6-8H2,2-5H3;/q2*-1;/t;11-,12?;/m.0./s1. The van der Waals surface area contributed by atoms with Crippen LogP contribution >= 0.6 is 11.8 Å². The van der Waals surface area contributed by atoms with Gasteiger partial charge in [0.2, 0.25) is 11.8 Å². The molecule has 3 atom stereocenters. The molecule has 2 N–H and O–H groups in total. The number of nitrogens with zero attached hydrogens (tertiary/aromatic N) is 1. The van der Waals surface area contributed by atoms with Crippen molar-refractivity contribution in [1.29, 1.82) is 0 Å². The van der Waals surface area contributed by atoms with E-state index in [0.717, 1.165) is 0 Å². The van der Waals surface area contributed by atoms with Gasteiger partial charge in [-0.3, -0.25) is 14.4 Å². The number of ketones is 1. The fraction of sp³-hybridized carbons (Fsp3) is 0.300. The molecule has 1 aliphatic heterocycles. The van der Waals surface area contributed by atoms with E-state index in [9.17, 15) is 29.1 Å². The third-order valence-electron chi connectivity index (χ3n) is 8.50. The van der Waals surface area contributed by atoms with Crippen molar-refractivity contribution in [1.82, 2.24) is 10.2 Å². The van der Waals surface area contributed by atoms with Crippen LogP contribution in [0.4, 0.5) is 0 Å². The van der Waals surface area contributed by atoms with Gasteiger partial charge in [0, 0.05) is 73.7 Å². The number of imide groups is 1. The molecule has 2 unspecified atom stereocenters. The van der Waals surface area contributed by atoms with Crippen LogP contribution in [0.2, 0.25) is 0 Å². The molecule has 10 nitrogen and oxygen atoms in total. The zero-order valence-corrected chi connectivity index (χ0v) is 33.1. The second kappa shape index (κ2) is 18.2. The molecule has 269 valence electrons.